The Morgan fingerprint density at radius 2 is 1.88 bits per heavy atom. The van der Waals surface area contributed by atoms with Crippen LogP contribution in [0.25, 0.3) is 0 Å². The molecule has 3 nitrogen and oxygen atoms in total. The second kappa shape index (κ2) is 5.34. The first-order valence-corrected chi connectivity index (χ1v) is 5.49. The van der Waals surface area contributed by atoms with Gasteiger partial charge in [0.15, 0.2) is 0 Å². The van der Waals surface area contributed by atoms with E-state index in [9.17, 15) is 23.4 Å². The highest BCUT2D eigenvalue weighted by molar-refractivity contribution is 9.10. The van der Waals surface area contributed by atoms with Crippen LogP contribution in [-0.4, -0.2) is 22.9 Å². The van der Waals surface area contributed by atoms with Gasteiger partial charge in [-0.3, -0.25) is 0 Å². The van der Waals surface area contributed by atoms with E-state index in [0.717, 1.165) is 12.1 Å². The van der Waals surface area contributed by atoms with Crippen LogP contribution in [0.2, 0.25) is 0 Å². The average molecular weight is 314 g/mol. The first-order valence-electron chi connectivity index (χ1n) is 4.70. The maximum atomic E-state index is 12.7. The van der Waals surface area contributed by atoms with E-state index in [-0.39, 0.29) is 11.0 Å². The summed E-state index contributed by atoms with van der Waals surface area (Å²) in [5, 5.41) is 18.9. The molecule has 1 rings (SSSR count). The summed E-state index contributed by atoms with van der Waals surface area (Å²) in [6.45, 7) is -0.325. The van der Waals surface area contributed by atoms with Gasteiger partial charge in [-0.05, 0) is 17.7 Å². The van der Waals surface area contributed by atoms with E-state index < -0.39 is 29.5 Å². The van der Waals surface area contributed by atoms with Gasteiger partial charge in [0.05, 0.1) is 11.7 Å². The summed E-state index contributed by atoms with van der Waals surface area (Å²) in [6, 6.07) is 3.31. The van der Waals surface area contributed by atoms with Gasteiger partial charge in [0.25, 0.3) is 0 Å². The predicted octanol–water partition coefficient (Wildman–Crippen LogP) is 1.82. The van der Waals surface area contributed by atoms with Crippen LogP contribution in [0.4, 0.5) is 13.2 Å². The minimum absolute atomic E-state index is 0.239. The van der Waals surface area contributed by atoms with E-state index in [0.29, 0.717) is 0 Å². The highest BCUT2D eigenvalue weighted by atomic mass is 79.9. The maximum Gasteiger partial charge on any atom is 0.416 e. The van der Waals surface area contributed by atoms with Gasteiger partial charge in [-0.1, -0.05) is 22.0 Å². The van der Waals surface area contributed by atoms with Crippen LogP contribution in [0.15, 0.2) is 22.7 Å². The Balaban J connectivity index is 3.24. The van der Waals surface area contributed by atoms with Gasteiger partial charge < -0.3 is 15.9 Å². The minimum atomic E-state index is -4.60. The van der Waals surface area contributed by atoms with E-state index in [2.05, 4.69) is 15.9 Å². The molecule has 17 heavy (non-hydrogen) atoms. The van der Waals surface area contributed by atoms with Crippen molar-refractivity contribution in [1.82, 2.24) is 0 Å². The van der Waals surface area contributed by atoms with Crippen molar-refractivity contribution in [3.8, 4) is 0 Å². The smallest absolute Gasteiger partial charge is 0.389 e. The number of nitrogens with two attached hydrogens (primary N) is 1. The molecule has 0 aromatic heterocycles. The zero-order valence-corrected chi connectivity index (χ0v) is 10.2. The van der Waals surface area contributed by atoms with Crippen LogP contribution >= 0.6 is 15.9 Å². The molecular weight excluding hydrogens is 303 g/mol. The van der Waals surface area contributed by atoms with Crippen molar-refractivity contribution in [2.24, 2.45) is 5.73 Å². The average Bonchev–Trinajstić information content (AvgIpc) is 2.25. The maximum absolute atomic E-state index is 12.7. The second-order valence-electron chi connectivity index (χ2n) is 3.48. The first-order chi connectivity index (χ1) is 7.77. The topological polar surface area (TPSA) is 66.5 Å². The lowest BCUT2D eigenvalue weighted by atomic mass is 9.98. The van der Waals surface area contributed by atoms with Crippen molar-refractivity contribution >= 4 is 15.9 Å². The molecule has 0 spiro atoms. The number of rotatable bonds is 3. The van der Waals surface area contributed by atoms with Gasteiger partial charge in [-0.15, -0.1) is 0 Å². The SMILES string of the molecule is NCC(O)C(O)c1ccc(Br)cc1C(F)(F)F. The van der Waals surface area contributed by atoms with Crippen molar-refractivity contribution in [3.05, 3.63) is 33.8 Å². The molecule has 7 heteroatoms. The minimum Gasteiger partial charge on any atom is -0.389 e. The normalized spacial score (nSPS) is 15.7. The van der Waals surface area contributed by atoms with Gasteiger partial charge in [0, 0.05) is 11.0 Å². The molecule has 1 aromatic carbocycles. The van der Waals surface area contributed by atoms with Gasteiger partial charge in [-0.25, -0.2) is 0 Å². The van der Waals surface area contributed by atoms with Crippen LogP contribution in [0.5, 0.6) is 0 Å². The Bertz CT molecular complexity index is 398. The second-order valence-corrected chi connectivity index (χ2v) is 4.39. The van der Waals surface area contributed by atoms with Gasteiger partial charge in [0.2, 0.25) is 0 Å². The van der Waals surface area contributed by atoms with Crippen LogP contribution in [-0.2, 0) is 6.18 Å². The van der Waals surface area contributed by atoms with Gasteiger partial charge in [0.1, 0.15) is 6.10 Å². The number of aliphatic hydroxyl groups excluding tert-OH is 2. The summed E-state index contributed by atoms with van der Waals surface area (Å²) in [5.74, 6) is 0. The quantitative estimate of drug-likeness (QED) is 0.797. The van der Waals surface area contributed by atoms with Gasteiger partial charge >= 0.3 is 6.18 Å². The Morgan fingerprint density at radius 1 is 1.29 bits per heavy atom. The molecule has 0 heterocycles. The highest BCUT2D eigenvalue weighted by Crippen LogP contribution is 2.37. The summed E-state index contributed by atoms with van der Waals surface area (Å²) in [4.78, 5) is 0. The molecule has 0 saturated carbocycles. The molecule has 0 aliphatic heterocycles. The molecule has 0 amide bonds. The number of alkyl halides is 3. The van der Waals surface area contributed by atoms with E-state index in [1.165, 1.54) is 6.07 Å². The van der Waals surface area contributed by atoms with Crippen molar-refractivity contribution < 1.29 is 23.4 Å². The van der Waals surface area contributed by atoms with E-state index in [1.54, 1.807) is 0 Å². The molecule has 0 aliphatic carbocycles. The molecule has 2 atom stereocenters. The van der Waals surface area contributed by atoms with Crippen molar-refractivity contribution in [3.63, 3.8) is 0 Å². The zero-order chi connectivity index (χ0) is 13.2. The largest absolute Gasteiger partial charge is 0.416 e. The van der Waals surface area contributed by atoms with Crippen LogP contribution in [0, 0.1) is 0 Å². The molecule has 2 unspecified atom stereocenters. The molecule has 0 saturated heterocycles. The third-order valence-electron chi connectivity index (χ3n) is 2.25. The van der Waals surface area contributed by atoms with Crippen molar-refractivity contribution in [1.29, 1.82) is 0 Å². The number of benzene rings is 1. The number of hydrogen-bond donors (Lipinski definition) is 3. The molecule has 1 aromatic rings. The number of halogens is 4. The van der Waals surface area contributed by atoms with E-state index >= 15 is 0 Å². The fourth-order valence-corrected chi connectivity index (χ4v) is 1.73. The molecular formula is C10H11BrF3NO2. The number of hydrogen-bond acceptors (Lipinski definition) is 3. The Hall–Kier alpha value is -0.630. The standard InChI is InChI=1S/C10H11BrF3NO2/c11-5-1-2-6(9(17)8(16)4-15)7(3-5)10(12,13)14/h1-3,8-9,16-17H,4,15H2. The first kappa shape index (κ1) is 14.4. The Morgan fingerprint density at radius 3 is 2.35 bits per heavy atom. The molecule has 0 fully saturated rings. The summed E-state index contributed by atoms with van der Waals surface area (Å²) < 4.78 is 38.4. The molecule has 4 N–H and O–H groups in total. The summed E-state index contributed by atoms with van der Waals surface area (Å²) in [6.07, 6.45) is -7.70. The predicted molar refractivity (Wildman–Crippen MR) is 59.2 cm³/mol. The highest BCUT2D eigenvalue weighted by Gasteiger charge is 2.36. The van der Waals surface area contributed by atoms with E-state index in [1.807, 2.05) is 0 Å². The number of aliphatic hydroxyl groups is 2. The molecule has 96 valence electrons. The summed E-state index contributed by atoms with van der Waals surface area (Å²) in [5.41, 5.74) is 3.72. The fourth-order valence-electron chi connectivity index (χ4n) is 1.37. The van der Waals surface area contributed by atoms with Crippen LogP contribution in [0.3, 0.4) is 0 Å². The summed E-state index contributed by atoms with van der Waals surface area (Å²) in [7, 11) is 0. The van der Waals surface area contributed by atoms with Crippen molar-refractivity contribution in [2.45, 2.75) is 18.4 Å². The summed E-state index contributed by atoms with van der Waals surface area (Å²) >= 11 is 2.92. The molecule has 0 bridgehead atoms. The Labute approximate surface area is 104 Å². The molecule has 0 radical (unpaired) electrons. The van der Waals surface area contributed by atoms with Crippen LogP contribution < -0.4 is 5.73 Å². The lowest BCUT2D eigenvalue weighted by Crippen LogP contribution is -2.28. The fraction of sp³-hybridized carbons (Fsp3) is 0.400. The molecule has 0 aliphatic rings. The third-order valence-corrected chi connectivity index (χ3v) is 2.74. The lowest BCUT2D eigenvalue weighted by Gasteiger charge is -2.21. The Kier molecular flexibility index (Phi) is 4.54. The van der Waals surface area contributed by atoms with E-state index in [4.69, 9.17) is 5.73 Å². The van der Waals surface area contributed by atoms with Crippen LogP contribution in [0.1, 0.15) is 17.2 Å². The van der Waals surface area contributed by atoms with Crippen molar-refractivity contribution in [2.75, 3.05) is 6.54 Å². The third kappa shape index (κ3) is 3.41. The zero-order valence-electron chi connectivity index (χ0n) is 8.58. The van der Waals surface area contributed by atoms with Gasteiger partial charge in [-0.2, -0.15) is 13.2 Å². The monoisotopic (exact) mass is 313 g/mol. The lowest BCUT2D eigenvalue weighted by molar-refractivity contribution is -0.139.